The summed E-state index contributed by atoms with van der Waals surface area (Å²) < 4.78 is 1.90. The lowest BCUT2D eigenvalue weighted by Gasteiger charge is -2.11. The maximum Gasteiger partial charge on any atom is 0.188 e. The Kier molecular flexibility index (Phi) is 3.96. The molecule has 0 radical (unpaired) electrons. The van der Waals surface area contributed by atoms with Gasteiger partial charge in [0.15, 0.2) is 5.96 Å². The molecule has 0 aliphatic rings. The highest BCUT2D eigenvalue weighted by molar-refractivity contribution is 5.77. The summed E-state index contributed by atoms with van der Waals surface area (Å²) in [6, 6.07) is 10.1. The van der Waals surface area contributed by atoms with E-state index in [1.165, 1.54) is 11.1 Å². The fourth-order valence-corrected chi connectivity index (χ4v) is 1.72. The molecule has 0 aliphatic carbocycles. The lowest BCUT2D eigenvalue weighted by molar-refractivity contribution is 0.678. The second-order valence-electron chi connectivity index (χ2n) is 3.93. The first-order chi connectivity index (χ1) is 8.79. The van der Waals surface area contributed by atoms with E-state index >= 15 is 0 Å². The SMILES string of the molecule is CN=C(N)NCc1ccccc1Cn1cccn1. The molecule has 0 unspecified atom stereocenters. The van der Waals surface area contributed by atoms with Gasteiger partial charge in [0, 0.05) is 26.0 Å². The normalized spacial score (nSPS) is 11.5. The Hall–Kier alpha value is -2.30. The van der Waals surface area contributed by atoms with Gasteiger partial charge >= 0.3 is 0 Å². The van der Waals surface area contributed by atoms with Gasteiger partial charge in [-0.3, -0.25) is 9.67 Å². The Morgan fingerprint density at radius 3 is 2.78 bits per heavy atom. The topological polar surface area (TPSA) is 68.2 Å². The average molecular weight is 243 g/mol. The van der Waals surface area contributed by atoms with Gasteiger partial charge in [0.2, 0.25) is 0 Å². The first-order valence-electron chi connectivity index (χ1n) is 5.80. The summed E-state index contributed by atoms with van der Waals surface area (Å²) in [5, 5.41) is 7.28. The highest BCUT2D eigenvalue weighted by atomic mass is 15.3. The fraction of sp³-hybridized carbons (Fsp3) is 0.231. The molecule has 0 atom stereocenters. The maximum atomic E-state index is 5.63. The van der Waals surface area contributed by atoms with Crippen LogP contribution in [0.1, 0.15) is 11.1 Å². The number of aromatic nitrogens is 2. The second-order valence-corrected chi connectivity index (χ2v) is 3.93. The first-order valence-corrected chi connectivity index (χ1v) is 5.80. The number of nitrogens with two attached hydrogens (primary N) is 1. The molecule has 0 spiro atoms. The highest BCUT2D eigenvalue weighted by Gasteiger charge is 2.03. The molecule has 3 N–H and O–H groups in total. The van der Waals surface area contributed by atoms with Crippen LogP contribution in [0, 0.1) is 0 Å². The van der Waals surface area contributed by atoms with Gasteiger partial charge in [-0.15, -0.1) is 0 Å². The molecule has 0 saturated heterocycles. The van der Waals surface area contributed by atoms with E-state index in [4.69, 9.17) is 5.73 Å². The van der Waals surface area contributed by atoms with Gasteiger partial charge in [0.05, 0.1) is 6.54 Å². The zero-order chi connectivity index (χ0) is 12.8. The summed E-state index contributed by atoms with van der Waals surface area (Å²) in [5.74, 6) is 0.448. The standard InChI is InChI=1S/C13H17N5/c1-15-13(14)16-9-11-5-2-3-6-12(11)10-18-8-4-7-17-18/h2-8H,9-10H2,1H3,(H3,14,15,16). The summed E-state index contributed by atoms with van der Waals surface area (Å²) in [6.45, 7) is 1.43. The van der Waals surface area contributed by atoms with Crippen LogP contribution in [0.3, 0.4) is 0 Å². The van der Waals surface area contributed by atoms with Crippen LogP contribution in [0.2, 0.25) is 0 Å². The Labute approximate surface area is 106 Å². The third kappa shape index (κ3) is 3.10. The zero-order valence-corrected chi connectivity index (χ0v) is 10.4. The summed E-state index contributed by atoms with van der Waals surface area (Å²) in [6.07, 6.45) is 3.73. The summed E-state index contributed by atoms with van der Waals surface area (Å²) in [4.78, 5) is 3.87. The number of benzene rings is 1. The van der Waals surface area contributed by atoms with E-state index in [1.54, 1.807) is 13.2 Å². The van der Waals surface area contributed by atoms with Crippen LogP contribution < -0.4 is 11.1 Å². The summed E-state index contributed by atoms with van der Waals surface area (Å²) >= 11 is 0. The van der Waals surface area contributed by atoms with Crippen molar-refractivity contribution in [2.24, 2.45) is 10.7 Å². The third-order valence-electron chi connectivity index (χ3n) is 2.71. The van der Waals surface area contributed by atoms with Crippen molar-refractivity contribution >= 4 is 5.96 Å². The Bertz CT molecular complexity index is 516. The minimum Gasteiger partial charge on any atom is -0.370 e. The summed E-state index contributed by atoms with van der Waals surface area (Å²) in [7, 11) is 1.66. The molecule has 2 rings (SSSR count). The minimum atomic E-state index is 0.448. The predicted octanol–water partition coefficient (Wildman–Crippen LogP) is 0.965. The summed E-state index contributed by atoms with van der Waals surface area (Å²) in [5.41, 5.74) is 8.04. The van der Waals surface area contributed by atoms with Crippen LogP contribution in [0.15, 0.2) is 47.7 Å². The van der Waals surface area contributed by atoms with Crippen molar-refractivity contribution in [3.8, 4) is 0 Å². The van der Waals surface area contributed by atoms with Crippen LogP contribution in [-0.2, 0) is 13.1 Å². The van der Waals surface area contributed by atoms with E-state index in [-0.39, 0.29) is 0 Å². The van der Waals surface area contributed by atoms with Gasteiger partial charge in [-0.05, 0) is 17.2 Å². The molecular formula is C13H17N5. The zero-order valence-electron chi connectivity index (χ0n) is 10.4. The van der Waals surface area contributed by atoms with Gasteiger partial charge in [-0.2, -0.15) is 5.10 Å². The maximum absolute atomic E-state index is 5.63. The van der Waals surface area contributed by atoms with E-state index < -0.39 is 0 Å². The van der Waals surface area contributed by atoms with E-state index in [0.29, 0.717) is 12.5 Å². The Morgan fingerprint density at radius 1 is 1.33 bits per heavy atom. The molecule has 0 bridgehead atoms. The third-order valence-corrected chi connectivity index (χ3v) is 2.71. The molecule has 1 heterocycles. The molecule has 94 valence electrons. The molecular weight excluding hydrogens is 226 g/mol. The molecule has 5 nitrogen and oxygen atoms in total. The Morgan fingerprint density at radius 2 is 2.11 bits per heavy atom. The van der Waals surface area contributed by atoms with Crippen molar-refractivity contribution in [3.63, 3.8) is 0 Å². The molecule has 1 aromatic heterocycles. The Balaban J connectivity index is 2.10. The van der Waals surface area contributed by atoms with Crippen LogP contribution >= 0.6 is 0 Å². The second kappa shape index (κ2) is 5.86. The van der Waals surface area contributed by atoms with Crippen molar-refractivity contribution in [2.45, 2.75) is 13.1 Å². The number of hydrogen-bond donors (Lipinski definition) is 2. The lowest BCUT2D eigenvalue weighted by Crippen LogP contribution is -2.31. The molecule has 1 aromatic carbocycles. The number of nitrogens with zero attached hydrogens (tertiary/aromatic N) is 3. The first kappa shape index (κ1) is 12.2. The molecule has 0 fully saturated rings. The number of aliphatic imine (C=N–C) groups is 1. The van der Waals surface area contributed by atoms with Gasteiger partial charge in [-0.1, -0.05) is 24.3 Å². The largest absolute Gasteiger partial charge is 0.370 e. The van der Waals surface area contributed by atoms with Crippen LogP contribution in [-0.4, -0.2) is 22.8 Å². The molecule has 5 heteroatoms. The predicted molar refractivity (Wildman–Crippen MR) is 72.2 cm³/mol. The quantitative estimate of drug-likeness (QED) is 0.621. The monoisotopic (exact) mass is 243 g/mol. The molecule has 18 heavy (non-hydrogen) atoms. The van der Waals surface area contributed by atoms with E-state index in [2.05, 4.69) is 27.5 Å². The van der Waals surface area contributed by atoms with Gasteiger partial charge in [-0.25, -0.2) is 0 Å². The lowest BCUT2D eigenvalue weighted by atomic mass is 10.1. The average Bonchev–Trinajstić information content (AvgIpc) is 2.90. The van der Waals surface area contributed by atoms with Crippen molar-refractivity contribution < 1.29 is 0 Å². The van der Waals surface area contributed by atoms with Crippen LogP contribution in [0.5, 0.6) is 0 Å². The smallest absolute Gasteiger partial charge is 0.188 e. The van der Waals surface area contributed by atoms with Crippen LogP contribution in [0.25, 0.3) is 0 Å². The number of nitrogens with one attached hydrogen (secondary N) is 1. The fourth-order valence-electron chi connectivity index (χ4n) is 1.72. The number of guanidine groups is 1. The molecule has 0 amide bonds. The van der Waals surface area contributed by atoms with Crippen molar-refractivity contribution in [2.75, 3.05) is 7.05 Å². The number of hydrogen-bond acceptors (Lipinski definition) is 2. The number of rotatable bonds is 4. The van der Waals surface area contributed by atoms with E-state index in [1.807, 2.05) is 29.1 Å². The minimum absolute atomic E-state index is 0.448. The van der Waals surface area contributed by atoms with Gasteiger partial charge in [0.1, 0.15) is 0 Å². The van der Waals surface area contributed by atoms with Crippen molar-refractivity contribution in [1.82, 2.24) is 15.1 Å². The van der Waals surface area contributed by atoms with Gasteiger partial charge in [0.25, 0.3) is 0 Å². The van der Waals surface area contributed by atoms with Crippen molar-refractivity contribution in [3.05, 3.63) is 53.9 Å². The van der Waals surface area contributed by atoms with Crippen molar-refractivity contribution in [1.29, 1.82) is 0 Å². The van der Waals surface area contributed by atoms with Gasteiger partial charge < -0.3 is 11.1 Å². The molecule has 0 aliphatic heterocycles. The highest BCUT2D eigenvalue weighted by Crippen LogP contribution is 2.10. The van der Waals surface area contributed by atoms with E-state index in [9.17, 15) is 0 Å². The molecule has 2 aromatic rings. The van der Waals surface area contributed by atoms with Crippen LogP contribution in [0.4, 0.5) is 0 Å². The molecule has 0 saturated carbocycles. The van der Waals surface area contributed by atoms with E-state index in [0.717, 1.165) is 6.54 Å².